The van der Waals surface area contributed by atoms with Crippen LogP contribution in [0, 0.1) is 0 Å². The highest BCUT2D eigenvalue weighted by Crippen LogP contribution is 2.35. The van der Waals surface area contributed by atoms with Gasteiger partial charge in [-0.3, -0.25) is 19.3 Å². The lowest BCUT2D eigenvalue weighted by molar-refractivity contribution is -0.138. The van der Waals surface area contributed by atoms with Crippen LogP contribution in [0.3, 0.4) is 0 Å². The lowest BCUT2D eigenvalue weighted by Crippen LogP contribution is -2.45. The van der Waals surface area contributed by atoms with Crippen molar-refractivity contribution in [1.29, 1.82) is 0 Å². The number of carbonyl (C=O) groups is 3. The number of carbonyl (C=O) groups excluding carboxylic acids is 3. The quantitative estimate of drug-likeness (QED) is 0.174. The molecule has 0 aliphatic carbocycles. The highest BCUT2D eigenvalue weighted by Gasteiger charge is 2.34. The number of ether oxygens (including phenoxy) is 1. The van der Waals surface area contributed by atoms with E-state index in [1.165, 1.54) is 43.6 Å². The topological polar surface area (TPSA) is 107 Å². The van der Waals surface area contributed by atoms with Crippen LogP contribution >= 0.6 is 0 Å². The maximum absolute atomic E-state index is 14.1. The molecule has 230 valence electrons. The van der Waals surface area contributed by atoms with Crippen LogP contribution < -0.4 is 15.4 Å². The molecule has 0 bridgehead atoms. The predicted octanol–water partition coefficient (Wildman–Crippen LogP) is 5.41. The number of aromatic amines is 1. The molecule has 9 nitrogen and oxygen atoms in total. The fourth-order valence-corrected chi connectivity index (χ4v) is 5.25. The van der Waals surface area contributed by atoms with Crippen molar-refractivity contribution in [3.8, 4) is 5.75 Å². The molecule has 0 unspecified atom stereocenters. The van der Waals surface area contributed by atoms with Gasteiger partial charge in [0, 0.05) is 72.8 Å². The normalized spacial score (nSPS) is 14.4. The maximum Gasteiger partial charge on any atom is 0.416 e. The van der Waals surface area contributed by atoms with E-state index in [9.17, 15) is 27.6 Å². The van der Waals surface area contributed by atoms with E-state index in [2.05, 4.69) is 27.4 Å². The first-order valence-electron chi connectivity index (χ1n) is 14.1. The summed E-state index contributed by atoms with van der Waals surface area (Å²) in [5.74, 6) is -2.25. The van der Waals surface area contributed by atoms with Crippen LogP contribution in [0.4, 0.5) is 24.5 Å². The van der Waals surface area contributed by atoms with Gasteiger partial charge in [0.2, 0.25) is 0 Å². The second kappa shape index (κ2) is 12.9. The van der Waals surface area contributed by atoms with Gasteiger partial charge >= 0.3 is 6.18 Å². The van der Waals surface area contributed by atoms with Crippen molar-refractivity contribution >= 4 is 39.9 Å². The third kappa shape index (κ3) is 6.92. The van der Waals surface area contributed by atoms with E-state index in [1.807, 2.05) is 4.90 Å². The van der Waals surface area contributed by atoms with Crippen molar-refractivity contribution in [1.82, 2.24) is 14.8 Å². The lowest BCUT2D eigenvalue weighted by Gasteiger charge is -2.34. The van der Waals surface area contributed by atoms with Gasteiger partial charge in [0.15, 0.2) is 0 Å². The summed E-state index contributed by atoms with van der Waals surface area (Å²) in [6, 6.07) is 14.9. The number of nitrogens with zero attached hydrogens (tertiary/aromatic N) is 2. The van der Waals surface area contributed by atoms with Gasteiger partial charge in [-0.05, 0) is 42.4 Å². The Labute approximate surface area is 252 Å². The van der Waals surface area contributed by atoms with Crippen molar-refractivity contribution in [2.24, 2.45) is 0 Å². The summed E-state index contributed by atoms with van der Waals surface area (Å²) in [5, 5.41) is 5.59. The van der Waals surface area contributed by atoms with Gasteiger partial charge in [-0.1, -0.05) is 31.2 Å². The second-order valence-corrected chi connectivity index (χ2v) is 10.5. The first kappa shape index (κ1) is 30.8. The fraction of sp³-hybridized carbons (Fsp3) is 0.281. The summed E-state index contributed by atoms with van der Waals surface area (Å²) in [5.41, 5.74) is 0.263. The molecule has 4 aromatic rings. The maximum atomic E-state index is 14.1. The average molecular weight is 608 g/mol. The molecule has 2 heterocycles. The number of rotatable bonds is 9. The number of H-pyrrole nitrogens is 1. The number of methoxy groups -OCH3 is 1. The standard InChI is InChI=1S/C32H32F3N5O4/c1-3-39-10-12-40(13-11-39)19-20-8-9-22(17-27(20)32(33,34)35)37-30(42)21-14-23(16-24(15-21)44-2)38-31(43)29(41)26-18-36-28-7-5-4-6-25(26)28/h4-9,14-18,36H,3,10-13,19H2,1-2H3,(H,37,42)(H,38,43). The number of ketones is 1. The average Bonchev–Trinajstić information content (AvgIpc) is 3.45. The number of para-hydroxylation sites is 1. The summed E-state index contributed by atoms with van der Waals surface area (Å²) in [6.07, 6.45) is -3.17. The van der Waals surface area contributed by atoms with Crippen LogP contribution in [0.1, 0.15) is 38.8 Å². The minimum absolute atomic E-state index is 0.00521. The molecule has 0 saturated carbocycles. The molecule has 1 fully saturated rings. The number of hydrogen-bond donors (Lipinski definition) is 3. The first-order chi connectivity index (χ1) is 21.0. The van der Waals surface area contributed by atoms with E-state index in [-0.39, 0.29) is 40.4 Å². The Balaban J connectivity index is 1.32. The van der Waals surface area contributed by atoms with E-state index < -0.39 is 29.3 Å². The van der Waals surface area contributed by atoms with E-state index >= 15 is 0 Å². The van der Waals surface area contributed by atoms with Gasteiger partial charge in [-0.2, -0.15) is 13.2 Å². The Morgan fingerprint density at radius 1 is 0.909 bits per heavy atom. The molecule has 1 aliphatic heterocycles. The van der Waals surface area contributed by atoms with E-state index in [4.69, 9.17) is 4.74 Å². The van der Waals surface area contributed by atoms with Crippen LogP contribution in [-0.4, -0.2) is 72.2 Å². The molecule has 0 spiro atoms. The van der Waals surface area contributed by atoms with Crippen LogP contribution in [0.5, 0.6) is 5.75 Å². The molecule has 44 heavy (non-hydrogen) atoms. The van der Waals surface area contributed by atoms with E-state index in [0.717, 1.165) is 25.7 Å². The van der Waals surface area contributed by atoms with Crippen molar-refractivity contribution < 1.29 is 32.3 Å². The summed E-state index contributed by atoms with van der Waals surface area (Å²) < 4.78 is 47.4. The number of hydrogen-bond acceptors (Lipinski definition) is 6. The number of piperazine rings is 1. The molecule has 5 rings (SSSR count). The Kier molecular flexibility index (Phi) is 9.02. The Bertz CT molecular complexity index is 1690. The molecular weight excluding hydrogens is 575 g/mol. The van der Waals surface area contributed by atoms with Crippen LogP contribution in [-0.2, 0) is 17.5 Å². The van der Waals surface area contributed by atoms with Crippen LogP contribution in [0.15, 0.2) is 66.9 Å². The van der Waals surface area contributed by atoms with Gasteiger partial charge in [-0.25, -0.2) is 0 Å². The van der Waals surface area contributed by atoms with E-state index in [0.29, 0.717) is 24.0 Å². The largest absolute Gasteiger partial charge is 0.497 e. The van der Waals surface area contributed by atoms with Crippen molar-refractivity contribution in [3.63, 3.8) is 0 Å². The molecule has 3 N–H and O–H groups in total. The highest BCUT2D eigenvalue weighted by molar-refractivity contribution is 6.48. The molecule has 12 heteroatoms. The predicted molar refractivity (Wildman–Crippen MR) is 161 cm³/mol. The third-order valence-corrected chi connectivity index (χ3v) is 7.68. The number of fused-ring (bicyclic) bond motifs is 1. The smallest absolute Gasteiger partial charge is 0.416 e. The summed E-state index contributed by atoms with van der Waals surface area (Å²) >= 11 is 0. The zero-order valence-electron chi connectivity index (χ0n) is 24.3. The SMILES string of the molecule is CCN1CCN(Cc2ccc(NC(=O)c3cc(NC(=O)C(=O)c4c[nH]c5ccccc45)cc(OC)c3)cc2C(F)(F)F)CC1. The Morgan fingerprint density at radius 3 is 2.34 bits per heavy atom. The molecule has 3 aromatic carbocycles. The van der Waals surface area contributed by atoms with Gasteiger partial charge in [0.1, 0.15) is 5.75 Å². The third-order valence-electron chi connectivity index (χ3n) is 7.68. The van der Waals surface area contributed by atoms with Crippen molar-refractivity contribution in [3.05, 3.63) is 89.1 Å². The number of halogens is 3. The highest BCUT2D eigenvalue weighted by atomic mass is 19.4. The molecule has 2 amide bonds. The number of likely N-dealkylation sites (N-methyl/N-ethyl adjacent to an activating group) is 1. The molecule has 0 radical (unpaired) electrons. The lowest BCUT2D eigenvalue weighted by atomic mass is 10.0. The minimum Gasteiger partial charge on any atom is -0.497 e. The fourth-order valence-electron chi connectivity index (χ4n) is 5.25. The molecule has 1 aromatic heterocycles. The first-order valence-corrected chi connectivity index (χ1v) is 14.1. The Hall–Kier alpha value is -4.68. The van der Waals surface area contributed by atoms with Gasteiger partial charge in [-0.15, -0.1) is 0 Å². The zero-order valence-corrected chi connectivity index (χ0v) is 24.3. The number of amides is 2. The molecule has 1 aliphatic rings. The van der Waals surface area contributed by atoms with Gasteiger partial charge in [0.25, 0.3) is 17.6 Å². The molecule has 1 saturated heterocycles. The van der Waals surface area contributed by atoms with Crippen LogP contribution in [0.2, 0.25) is 0 Å². The summed E-state index contributed by atoms with van der Waals surface area (Å²) in [4.78, 5) is 46.1. The van der Waals surface area contributed by atoms with E-state index in [1.54, 1.807) is 24.3 Å². The summed E-state index contributed by atoms with van der Waals surface area (Å²) in [7, 11) is 1.36. The number of Topliss-reactive ketones (excluding diaryl/α,β-unsaturated/α-hetero) is 1. The zero-order chi connectivity index (χ0) is 31.4. The van der Waals surface area contributed by atoms with Gasteiger partial charge < -0.3 is 25.3 Å². The monoisotopic (exact) mass is 607 g/mol. The molecule has 0 atom stereocenters. The van der Waals surface area contributed by atoms with Crippen LogP contribution in [0.25, 0.3) is 10.9 Å². The number of anilines is 2. The number of aromatic nitrogens is 1. The van der Waals surface area contributed by atoms with Crippen molar-refractivity contribution in [2.45, 2.75) is 19.6 Å². The number of benzene rings is 3. The number of alkyl halides is 3. The minimum atomic E-state index is -4.62. The Morgan fingerprint density at radius 2 is 1.64 bits per heavy atom. The van der Waals surface area contributed by atoms with Crippen molar-refractivity contribution in [2.75, 3.05) is 50.5 Å². The van der Waals surface area contributed by atoms with Gasteiger partial charge in [0.05, 0.1) is 18.2 Å². The second-order valence-electron chi connectivity index (χ2n) is 10.5. The summed E-state index contributed by atoms with van der Waals surface area (Å²) in [6.45, 7) is 6.05. The number of nitrogens with one attached hydrogen (secondary N) is 3. The molecular formula is C32H32F3N5O4.